The molecule has 6 nitrogen and oxygen atoms in total. The van der Waals surface area contributed by atoms with Gasteiger partial charge in [0.15, 0.2) is 0 Å². The Morgan fingerprint density at radius 2 is 1.80 bits per heavy atom. The first-order valence-electron chi connectivity index (χ1n) is 7.51. The molecule has 0 aliphatic carbocycles. The van der Waals surface area contributed by atoms with Gasteiger partial charge in [-0.3, -0.25) is 14.5 Å². The number of hydrogen-bond acceptors (Lipinski definition) is 4. The fourth-order valence-electron chi connectivity index (χ4n) is 2.99. The first kappa shape index (κ1) is 15.3. The minimum Gasteiger partial charge on any atom is -0.391 e. The summed E-state index contributed by atoms with van der Waals surface area (Å²) in [5, 5.41) is 12.8. The molecule has 20 heavy (non-hydrogen) atoms. The van der Waals surface area contributed by atoms with Crippen LogP contribution < -0.4 is 5.32 Å². The summed E-state index contributed by atoms with van der Waals surface area (Å²) in [6, 6.07) is -0.195. The number of nitrogens with zero attached hydrogens (tertiary/aromatic N) is 2. The van der Waals surface area contributed by atoms with Crippen molar-refractivity contribution in [1.29, 1.82) is 0 Å². The highest BCUT2D eigenvalue weighted by Crippen LogP contribution is 2.13. The van der Waals surface area contributed by atoms with E-state index in [9.17, 15) is 14.7 Å². The highest BCUT2D eigenvalue weighted by atomic mass is 16.3. The maximum Gasteiger partial charge on any atom is 0.236 e. The van der Waals surface area contributed by atoms with E-state index in [1.165, 1.54) is 6.92 Å². The van der Waals surface area contributed by atoms with Crippen LogP contribution in [0.25, 0.3) is 0 Å². The van der Waals surface area contributed by atoms with Crippen LogP contribution in [0.3, 0.4) is 0 Å². The van der Waals surface area contributed by atoms with Crippen LogP contribution >= 0.6 is 0 Å². The number of aliphatic hydroxyl groups is 1. The van der Waals surface area contributed by atoms with E-state index in [0.29, 0.717) is 25.9 Å². The van der Waals surface area contributed by atoms with Gasteiger partial charge in [-0.05, 0) is 25.7 Å². The van der Waals surface area contributed by atoms with Gasteiger partial charge in [-0.1, -0.05) is 0 Å². The summed E-state index contributed by atoms with van der Waals surface area (Å²) in [7, 11) is 0. The second kappa shape index (κ2) is 7.04. The molecule has 0 radical (unpaired) electrons. The van der Waals surface area contributed by atoms with E-state index in [0.717, 1.165) is 32.5 Å². The van der Waals surface area contributed by atoms with E-state index in [1.54, 1.807) is 0 Å². The first-order valence-corrected chi connectivity index (χ1v) is 7.51. The Kier molecular flexibility index (Phi) is 5.37. The molecule has 2 rings (SSSR count). The number of carbonyl (C=O) groups is 2. The van der Waals surface area contributed by atoms with Gasteiger partial charge in [0.1, 0.15) is 0 Å². The van der Waals surface area contributed by atoms with Crippen LogP contribution in [0.1, 0.15) is 32.6 Å². The van der Waals surface area contributed by atoms with Crippen molar-refractivity contribution in [2.45, 2.75) is 44.8 Å². The molecular formula is C14H25N3O3. The van der Waals surface area contributed by atoms with E-state index in [1.807, 2.05) is 4.90 Å². The van der Waals surface area contributed by atoms with Crippen molar-refractivity contribution >= 4 is 11.8 Å². The summed E-state index contributed by atoms with van der Waals surface area (Å²) in [4.78, 5) is 27.2. The molecule has 2 heterocycles. The van der Waals surface area contributed by atoms with Crippen LogP contribution in [0.2, 0.25) is 0 Å². The van der Waals surface area contributed by atoms with Crippen molar-refractivity contribution in [3.05, 3.63) is 0 Å². The number of amides is 2. The van der Waals surface area contributed by atoms with Crippen LogP contribution in [0.5, 0.6) is 0 Å². The predicted octanol–water partition coefficient (Wildman–Crippen LogP) is -0.430. The highest BCUT2D eigenvalue weighted by Gasteiger charge is 2.27. The van der Waals surface area contributed by atoms with Crippen LogP contribution in [0.4, 0.5) is 0 Å². The zero-order valence-electron chi connectivity index (χ0n) is 12.2. The van der Waals surface area contributed by atoms with Gasteiger partial charge in [-0.2, -0.15) is 0 Å². The maximum absolute atomic E-state index is 12.1. The third-order valence-electron chi connectivity index (χ3n) is 4.17. The third-order valence-corrected chi connectivity index (χ3v) is 4.17. The lowest BCUT2D eigenvalue weighted by molar-refractivity contribution is -0.131. The molecule has 2 aliphatic rings. The molecule has 0 saturated carbocycles. The summed E-state index contributed by atoms with van der Waals surface area (Å²) in [6.45, 7) is 5.10. The molecule has 0 aromatic carbocycles. The molecule has 2 N–H and O–H groups in total. The van der Waals surface area contributed by atoms with Gasteiger partial charge in [0, 0.05) is 33.1 Å². The van der Waals surface area contributed by atoms with Crippen molar-refractivity contribution in [3.63, 3.8) is 0 Å². The van der Waals surface area contributed by atoms with E-state index in [-0.39, 0.29) is 17.9 Å². The van der Waals surface area contributed by atoms with Gasteiger partial charge < -0.3 is 15.3 Å². The molecule has 0 aromatic rings. The first-order chi connectivity index (χ1) is 9.56. The van der Waals surface area contributed by atoms with Gasteiger partial charge in [-0.25, -0.2) is 0 Å². The highest BCUT2D eigenvalue weighted by molar-refractivity contribution is 5.78. The smallest absolute Gasteiger partial charge is 0.236 e. The fraction of sp³-hybridized carbons (Fsp3) is 0.857. The van der Waals surface area contributed by atoms with Crippen LogP contribution in [-0.2, 0) is 9.59 Å². The van der Waals surface area contributed by atoms with Crippen molar-refractivity contribution < 1.29 is 14.7 Å². The standard InChI is InChI=1S/C14H25N3O3/c1-11(18)15-12-4-8-16(9-5-13(12)19)10-14(20)17-6-2-3-7-17/h12-13,19H,2-10H2,1H3,(H,15,18)/t12-,13-/m0/s1. The molecule has 6 heteroatoms. The molecule has 114 valence electrons. The van der Waals surface area contributed by atoms with Gasteiger partial charge in [0.2, 0.25) is 11.8 Å². The number of hydrogen-bond donors (Lipinski definition) is 2. The molecule has 0 unspecified atom stereocenters. The zero-order valence-corrected chi connectivity index (χ0v) is 12.2. The lowest BCUT2D eigenvalue weighted by Gasteiger charge is -2.23. The molecule has 2 fully saturated rings. The predicted molar refractivity (Wildman–Crippen MR) is 75.1 cm³/mol. The molecule has 0 aromatic heterocycles. The van der Waals surface area contributed by atoms with Crippen molar-refractivity contribution in [1.82, 2.24) is 15.1 Å². The SMILES string of the molecule is CC(=O)N[C@H]1CCN(CC(=O)N2CCCC2)CC[C@@H]1O. The maximum atomic E-state index is 12.1. The summed E-state index contributed by atoms with van der Waals surface area (Å²) < 4.78 is 0. The Morgan fingerprint density at radius 1 is 1.15 bits per heavy atom. The van der Waals surface area contributed by atoms with Crippen LogP contribution in [0, 0.1) is 0 Å². The Morgan fingerprint density at radius 3 is 2.45 bits per heavy atom. The zero-order chi connectivity index (χ0) is 14.5. The van der Waals surface area contributed by atoms with Gasteiger partial charge >= 0.3 is 0 Å². The number of nitrogens with one attached hydrogen (secondary N) is 1. The fourth-order valence-corrected chi connectivity index (χ4v) is 2.99. The number of rotatable bonds is 3. The number of aliphatic hydroxyl groups excluding tert-OH is 1. The van der Waals surface area contributed by atoms with Gasteiger partial charge in [0.25, 0.3) is 0 Å². The minimum atomic E-state index is -0.522. The Hall–Kier alpha value is -1.14. The largest absolute Gasteiger partial charge is 0.391 e. The lowest BCUT2D eigenvalue weighted by atomic mass is 10.1. The van der Waals surface area contributed by atoms with E-state index >= 15 is 0 Å². The van der Waals surface area contributed by atoms with Gasteiger partial charge in [-0.15, -0.1) is 0 Å². The van der Waals surface area contributed by atoms with E-state index < -0.39 is 6.10 Å². The second-order valence-electron chi connectivity index (χ2n) is 5.82. The number of likely N-dealkylation sites (tertiary alicyclic amines) is 2. The van der Waals surface area contributed by atoms with Crippen molar-refractivity contribution in [3.8, 4) is 0 Å². The average molecular weight is 283 g/mol. The van der Waals surface area contributed by atoms with Crippen molar-refractivity contribution in [2.24, 2.45) is 0 Å². The minimum absolute atomic E-state index is 0.115. The third kappa shape index (κ3) is 4.18. The monoisotopic (exact) mass is 283 g/mol. The quantitative estimate of drug-likeness (QED) is 0.737. The molecule has 2 aliphatic heterocycles. The molecule has 2 saturated heterocycles. The average Bonchev–Trinajstić information content (AvgIpc) is 2.88. The van der Waals surface area contributed by atoms with Gasteiger partial charge in [0.05, 0.1) is 18.7 Å². The Bertz CT molecular complexity index is 356. The topological polar surface area (TPSA) is 72.9 Å². The summed E-state index contributed by atoms with van der Waals surface area (Å²) in [6.07, 6.45) is 2.97. The van der Waals surface area contributed by atoms with E-state index in [4.69, 9.17) is 0 Å². The number of carbonyl (C=O) groups excluding carboxylic acids is 2. The second-order valence-corrected chi connectivity index (χ2v) is 5.82. The molecular weight excluding hydrogens is 258 g/mol. The van der Waals surface area contributed by atoms with Crippen LogP contribution in [-0.4, -0.2) is 71.6 Å². The van der Waals surface area contributed by atoms with E-state index in [2.05, 4.69) is 10.2 Å². The molecule has 0 bridgehead atoms. The van der Waals surface area contributed by atoms with Crippen molar-refractivity contribution in [2.75, 3.05) is 32.7 Å². The summed E-state index contributed by atoms with van der Waals surface area (Å²) >= 11 is 0. The Balaban J connectivity index is 1.82. The Labute approximate surface area is 120 Å². The normalized spacial score (nSPS) is 28.2. The van der Waals surface area contributed by atoms with Crippen LogP contribution in [0.15, 0.2) is 0 Å². The molecule has 2 atom stereocenters. The molecule has 0 spiro atoms. The lowest BCUT2D eigenvalue weighted by Crippen LogP contribution is -2.42. The summed E-state index contributed by atoms with van der Waals surface area (Å²) in [5.41, 5.74) is 0. The molecule has 2 amide bonds. The summed E-state index contributed by atoms with van der Waals surface area (Å²) in [5.74, 6) is 0.0746.